The van der Waals surface area contributed by atoms with Crippen LogP contribution in [-0.4, -0.2) is 10.9 Å². The predicted octanol–water partition coefficient (Wildman–Crippen LogP) is 1.32. The topological polar surface area (TPSA) is 36.5 Å². The van der Waals surface area contributed by atoms with Gasteiger partial charge in [-0.15, -0.1) is 0 Å². The van der Waals surface area contributed by atoms with Crippen LogP contribution < -0.4 is 17.0 Å². The van der Waals surface area contributed by atoms with Crippen molar-refractivity contribution in [2.75, 3.05) is 0 Å². The van der Waals surface area contributed by atoms with Crippen LogP contribution in [0.1, 0.15) is 5.56 Å². The van der Waals surface area contributed by atoms with E-state index < -0.39 is 0 Å². The van der Waals surface area contributed by atoms with Crippen LogP contribution in [0.4, 0.5) is 0 Å². The maximum atomic E-state index is 9.34. The van der Waals surface area contributed by atoms with Gasteiger partial charge in [0.15, 0.2) is 18.5 Å². The van der Waals surface area contributed by atoms with Gasteiger partial charge in [-0.1, -0.05) is 64.8 Å². The Morgan fingerprint density at radius 2 is 1.65 bits per heavy atom. The van der Waals surface area contributed by atoms with E-state index in [1.54, 1.807) is 12.1 Å². The number of hydrogen-bond donors (Lipinski definition) is 1. The number of benzene rings is 2. The van der Waals surface area contributed by atoms with Crippen molar-refractivity contribution < 1.29 is 22.2 Å². The van der Waals surface area contributed by atoms with E-state index in [1.165, 1.54) is 0 Å². The molecule has 3 nitrogen and oxygen atoms in total. The zero-order chi connectivity index (χ0) is 15.5. The lowest BCUT2D eigenvalue weighted by molar-refractivity contribution is -0.655. The summed E-state index contributed by atoms with van der Waals surface area (Å²) in [5, 5.41) is 14.8. The molecular formula is C17H13Cl3N2O. The third-order valence-corrected chi connectivity index (χ3v) is 4.12. The summed E-state index contributed by atoms with van der Waals surface area (Å²) in [6.07, 6.45) is 1.86. The van der Waals surface area contributed by atoms with Gasteiger partial charge >= 0.3 is 0 Å². The smallest absolute Gasteiger partial charge is 0.215 e. The van der Waals surface area contributed by atoms with Crippen molar-refractivity contribution in [3.05, 3.63) is 76.4 Å². The molecule has 0 amide bonds. The first-order valence-electron chi connectivity index (χ1n) is 6.73. The van der Waals surface area contributed by atoms with E-state index in [0.29, 0.717) is 22.3 Å². The Morgan fingerprint density at radius 3 is 2.35 bits per heavy atom. The number of hydrogen-bond acceptors (Lipinski definition) is 2. The van der Waals surface area contributed by atoms with Gasteiger partial charge in [-0.3, -0.25) is 0 Å². The molecule has 23 heavy (non-hydrogen) atoms. The molecule has 3 aromatic rings. The first-order valence-corrected chi connectivity index (χ1v) is 7.49. The second-order valence-corrected chi connectivity index (χ2v) is 5.65. The summed E-state index contributed by atoms with van der Waals surface area (Å²) in [7, 11) is 0. The molecular weight excluding hydrogens is 355 g/mol. The lowest BCUT2D eigenvalue weighted by Gasteiger charge is -2.06. The summed E-state index contributed by atoms with van der Waals surface area (Å²) in [6, 6.07) is 16.9. The molecule has 1 aromatic heterocycles. The SMILES string of the molecule is O/N=C(/C[n+]1ccc(Cl)c2c(Cl)cccc21)c1ccccc1.[Cl-]. The fourth-order valence-corrected chi connectivity index (χ4v) is 2.99. The largest absolute Gasteiger partial charge is 1.00 e. The molecule has 0 saturated carbocycles. The van der Waals surface area contributed by atoms with Gasteiger partial charge in [0.2, 0.25) is 5.52 Å². The summed E-state index contributed by atoms with van der Waals surface area (Å²) < 4.78 is 1.95. The molecule has 0 spiro atoms. The maximum absolute atomic E-state index is 9.34. The molecule has 0 radical (unpaired) electrons. The third-order valence-electron chi connectivity index (χ3n) is 3.49. The van der Waals surface area contributed by atoms with E-state index in [9.17, 15) is 5.21 Å². The van der Waals surface area contributed by atoms with Gasteiger partial charge in [-0.25, -0.2) is 0 Å². The van der Waals surface area contributed by atoms with Crippen molar-refractivity contribution in [3.63, 3.8) is 0 Å². The van der Waals surface area contributed by atoms with Crippen molar-refractivity contribution in [3.8, 4) is 0 Å². The zero-order valence-electron chi connectivity index (χ0n) is 12.0. The lowest BCUT2D eigenvalue weighted by Crippen LogP contribution is -3.00. The van der Waals surface area contributed by atoms with Crippen LogP contribution in [0, 0.1) is 0 Å². The minimum absolute atomic E-state index is 0. The summed E-state index contributed by atoms with van der Waals surface area (Å²) in [6.45, 7) is 0.411. The highest BCUT2D eigenvalue weighted by molar-refractivity contribution is 6.41. The van der Waals surface area contributed by atoms with Gasteiger partial charge in [-0.2, -0.15) is 4.57 Å². The zero-order valence-corrected chi connectivity index (χ0v) is 14.2. The number of oxime groups is 1. The molecule has 1 heterocycles. The molecule has 0 aliphatic carbocycles. The highest BCUT2D eigenvalue weighted by Gasteiger charge is 2.17. The van der Waals surface area contributed by atoms with Gasteiger partial charge < -0.3 is 17.6 Å². The van der Waals surface area contributed by atoms with Crippen molar-refractivity contribution in [2.24, 2.45) is 5.16 Å². The molecule has 0 aliphatic rings. The van der Waals surface area contributed by atoms with Crippen LogP contribution in [0.3, 0.4) is 0 Å². The number of nitrogens with zero attached hydrogens (tertiary/aromatic N) is 2. The Kier molecular flexibility index (Phi) is 5.83. The molecule has 0 aliphatic heterocycles. The fraction of sp³-hybridized carbons (Fsp3) is 0.0588. The molecule has 1 N–H and O–H groups in total. The third kappa shape index (κ3) is 3.58. The predicted molar refractivity (Wildman–Crippen MR) is 88.9 cm³/mol. The van der Waals surface area contributed by atoms with Gasteiger partial charge in [-0.05, 0) is 6.07 Å². The Hall–Kier alpha value is -1.81. The van der Waals surface area contributed by atoms with E-state index >= 15 is 0 Å². The number of pyridine rings is 1. The van der Waals surface area contributed by atoms with Crippen LogP contribution in [0.5, 0.6) is 0 Å². The number of aromatic nitrogens is 1. The molecule has 0 saturated heterocycles. The molecule has 3 rings (SSSR count). The van der Waals surface area contributed by atoms with Crippen LogP contribution in [0.2, 0.25) is 10.0 Å². The van der Waals surface area contributed by atoms with Crippen molar-refractivity contribution in [1.29, 1.82) is 0 Å². The highest BCUT2D eigenvalue weighted by atomic mass is 35.5. The first kappa shape index (κ1) is 17.5. The average Bonchev–Trinajstić information content (AvgIpc) is 2.55. The van der Waals surface area contributed by atoms with Crippen LogP contribution >= 0.6 is 23.2 Å². The summed E-state index contributed by atoms with van der Waals surface area (Å²) >= 11 is 12.5. The maximum Gasteiger partial charge on any atom is 0.215 e. The molecule has 2 aromatic carbocycles. The van der Waals surface area contributed by atoms with Gasteiger partial charge in [0, 0.05) is 17.7 Å². The summed E-state index contributed by atoms with van der Waals surface area (Å²) in [5.74, 6) is 0. The molecule has 0 bridgehead atoms. The molecule has 0 fully saturated rings. The van der Waals surface area contributed by atoms with Gasteiger partial charge in [0.25, 0.3) is 0 Å². The van der Waals surface area contributed by atoms with Crippen LogP contribution in [0.25, 0.3) is 10.9 Å². The molecule has 118 valence electrons. The molecule has 6 heteroatoms. The van der Waals surface area contributed by atoms with E-state index in [2.05, 4.69) is 5.16 Å². The monoisotopic (exact) mass is 366 g/mol. The second-order valence-electron chi connectivity index (χ2n) is 4.84. The van der Waals surface area contributed by atoms with Crippen LogP contribution in [-0.2, 0) is 6.54 Å². The van der Waals surface area contributed by atoms with E-state index in [4.69, 9.17) is 23.2 Å². The lowest BCUT2D eigenvalue weighted by atomic mass is 10.1. The summed E-state index contributed by atoms with van der Waals surface area (Å²) in [4.78, 5) is 0. The van der Waals surface area contributed by atoms with E-state index in [1.807, 2.05) is 53.2 Å². The van der Waals surface area contributed by atoms with E-state index in [-0.39, 0.29) is 12.4 Å². The Bertz CT molecular complexity index is 843. The minimum Gasteiger partial charge on any atom is -1.00 e. The van der Waals surface area contributed by atoms with Gasteiger partial charge in [0.1, 0.15) is 0 Å². The Labute approximate surface area is 150 Å². The summed E-state index contributed by atoms with van der Waals surface area (Å²) in [5.41, 5.74) is 2.31. The second kappa shape index (κ2) is 7.64. The van der Waals surface area contributed by atoms with E-state index in [0.717, 1.165) is 16.5 Å². The molecule has 0 unspecified atom stereocenters. The number of fused-ring (bicyclic) bond motifs is 1. The fourth-order valence-electron chi connectivity index (χ4n) is 2.42. The number of rotatable bonds is 3. The first-order chi connectivity index (χ1) is 10.7. The molecule has 0 atom stereocenters. The standard InChI is InChI=1S/C17H12Cl2N2O.ClH/c18-13-7-4-8-16-17(13)14(19)9-10-21(16)11-15(20-22)12-5-2-1-3-6-12;/h1-10H,11H2;1H/b20-15-;. The Balaban J connectivity index is 0.00000192. The highest BCUT2D eigenvalue weighted by Crippen LogP contribution is 2.27. The number of halogens is 3. The van der Waals surface area contributed by atoms with Crippen molar-refractivity contribution in [1.82, 2.24) is 0 Å². The Morgan fingerprint density at radius 1 is 0.957 bits per heavy atom. The quantitative estimate of drug-likeness (QED) is 0.322. The average molecular weight is 368 g/mol. The van der Waals surface area contributed by atoms with Crippen molar-refractivity contribution >= 4 is 39.8 Å². The van der Waals surface area contributed by atoms with Crippen molar-refractivity contribution in [2.45, 2.75) is 6.54 Å². The van der Waals surface area contributed by atoms with Crippen LogP contribution in [0.15, 0.2) is 65.9 Å². The normalized spacial score (nSPS) is 11.3. The minimum atomic E-state index is 0. The van der Waals surface area contributed by atoms with Gasteiger partial charge in [0.05, 0.1) is 15.4 Å².